The Morgan fingerprint density at radius 3 is 3.14 bits per heavy atom. The van der Waals surface area contributed by atoms with Gasteiger partial charge < -0.3 is 4.98 Å². The lowest BCUT2D eigenvalue weighted by Gasteiger charge is -2.09. The summed E-state index contributed by atoms with van der Waals surface area (Å²) in [5.41, 5.74) is 12.3. The van der Waals surface area contributed by atoms with E-state index < -0.39 is 0 Å². The number of carbonyl (C=O) groups is 1. The van der Waals surface area contributed by atoms with Crippen LogP contribution < -0.4 is 0 Å². The first-order valence-electron chi connectivity index (χ1n) is 7.15. The van der Waals surface area contributed by atoms with Gasteiger partial charge in [0, 0.05) is 28.8 Å². The summed E-state index contributed by atoms with van der Waals surface area (Å²) in [4.78, 5) is 17.9. The second-order valence-corrected chi connectivity index (χ2v) is 5.21. The highest BCUT2D eigenvalue weighted by atomic mass is 16.1. The number of aryl methyl sites for hydroxylation is 1. The molecule has 1 aromatic carbocycles. The van der Waals surface area contributed by atoms with E-state index in [0.717, 1.165) is 47.0 Å². The van der Waals surface area contributed by atoms with Crippen LogP contribution in [0.25, 0.3) is 27.4 Å². The van der Waals surface area contributed by atoms with Crippen LogP contribution in [0.5, 0.6) is 0 Å². The lowest BCUT2D eigenvalue weighted by atomic mass is 9.94. The summed E-state index contributed by atoms with van der Waals surface area (Å²) in [6, 6.07) is 6.17. The Bertz CT molecular complexity index is 766. The maximum Gasteiger partial charge on any atom is 0.179 e. The van der Waals surface area contributed by atoms with Crippen molar-refractivity contribution >= 4 is 22.8 Å². The molecule has 0 aliphatic heterocycles. The largest absolute Gasteiger partial charge is 0.352 e. The zero-order chi connectivity index (χ0) is 14.7. The molecular formula is C16H16N4O. The van der Waals surface area contributed by atoms with E-state index in [1.807, 2.05) is 24.3 Å². The molecule has 21 heavy (non-hydrogen) atoms. The van der Waals surface area contributed by atoms with Crippen LogP contribution in [-0.2, 0) is 6.42 Å². The number of azide groups is 1. The second kappa shape index (κ2) is 5.85. The summed E-state index contributed by atoms with van der Waals surface area (Å²) < 4.78 is 0. The minimum Gasteiger partial charge on any atom is -0.352 e. The molecule has 2 aromatic rings. The molecule has 5 heteroatoms. The van der Waals surface area contributed by atoms with Crippen molar-refractivity contribution in [2.24, 2.45) is 5.11 Å². The summed E-state index contributed by atoms with van der Waals surface area (Å²) in [6.45, 7) is 0.475. The predicted molar refractivity (Wildman–Crippen MR) is 83.2 cm³/mol. The fraction of sp³-hybridized carbons (Fsp3) is 0.312. The van der Waals surface area contributed by atoms with Gasteiger partial charge in [0.1, 0.15) is 0 Å². The number of nitrogens with one attached hydrogen (secondary N) is 1. The molecule has 5 nitrogen and oxygen atoms in total. The molecule has 1 aliphatic rings. The van der Waals surface area contributed by atoms with Crippen molar-refractivity contribution < 1.29 is 4.79 Å². The van der Waals surface area contributed by atoms with E-state index in [2.05, 4.69) is 21.1 Å². The number of hydrogen-bond acceptors (Lipinski definition) is 2. The standard InChI is InChI=1S/C16H16N4O/c17-20-18-9-2-1-4-11-7-8-14-13(10-11)12-5-3-6-15(21)16(12)19-14/h1,4,7-8,10,19H,2-3,5-6,9H2. The van der Waals surface area contributed by atoms with Crippen molar-refractivity contribution in [2.75, 3.05) is 6.54 Å². The van der Waals surface area contributed by atoms with Crippen LogP contribution in [0, 0.1) is 0 Å². The van der Waals surface area contributed by atoms with Crippen LogP contribution in [-0.4, -0.2) is 17.3 Å². The van der Waals surface area contributed by atoms with Gasteiger partial charge in [-0.05, 0) is 48.1 Å². The average molecular weight is 280 g/mol. The molecule has 106 valence electrons. The van der Waals surface area contributed by atoms with Gasteiger partial charge in [-0.2, -0.15) is 0 Å². The Morgan fingerprint density at radius 2 is 2.29 bits per heavy atom. The number of Topliss-reactive ketones (excluding diaryl/α,β-unsaturated/α-hetero) is 1. The average Bonchev–Trinajstić information content (AvgIpc) is 2.87. The van der Waals surface area contributed by atoms with Gasteiger partial charge in [-0.3, -0.25) is 4.79 Å². The van der Waals surface area contributed by atoms with Gasteiger partial charge in [0.25, 0.3) is 0 Å². The Hall–Kier alpha value is -2.52. The highest BCUT2D eigenvalue weighted by Gasteiger charge is 2.21. The van der Waals surface area contributed by atoms with E-state index in [0.29, 0.717) is 13.0 Å². The summed E-state index contributed by atoms with van der Waals surface area (Å²) in [7, 11) is 0. The van der Waals surface area contributed by atoms with Crippen LogP contribution in [0.3, 0.4) is 0 Å². The molecule has 1 N–H and O–H groups in total. The molecule has 1 aliphatic carbocycles. The Labute approximate surface area is 122 Å². The third kappa shape index (κ3) is 2.69. The monoisotopic (exact) mass is 280 g/mol. The number of aromatic amines is 1. The zero-order valence-corrected chi connectivity index (χ0v) is 11.7. The van der Waals surface area contributed by atoms with E-state index in [1.54, 1.807) is 0 Å². The Morgan fingerprint density at radius 1 is 1.38 bits per heavy atom. The van der Waals surface area contributed by atoms with Gasteiger partial charge in [0.15, 0.2) is 5.78 Å². The molecule has 0 amide bonds. The van der Waals surface area contributed by atoms with E-state index in [1.165, 1.54) is 0 Å². The number of hydrogen-bond donors (Lipinski definition) is 1. The first-order valence-corrected chi connectivity index (χ1v) is 7.15. The number of ketones is 1. The minimum absolute atomic E-state index is 0.221. The smallest absolute Gasteiger partial charge is 0.179 e. The molecule has 0 unspecified atom stereocenters. The van der Waals surface area contributed by atoms with Crippen LogP contribution >= 0.6 is 0 Å². The molecule has 1 aromatic heterocycles. The molecule has 0 atom stereocenters. The van der Waals surface area contributed by atoms with Gasteiger partial charge in [0.2, 0.25) is 0 Å². The maximum atomic E-state index is 11.9. The van der Waals surface area contributed by atoms with Crippen LogP contribution in [0.4, 0.5) is 0 Å². The fourth-order valence-corrected chi connectivity index (χ4v) is 2.81. The maximum absolute atomic E-state index is 11.9. The van der Waals surface area contributed by atoms with Crippen molar-refractivity contribution in [2.45, 2.75) is 25.7 Å². The van der Waals surface area contributed by atoms with Crippen LogP contribution in [0.15, 0.2) is 29.4 Å². The van der Waals surface area contributed by atoms with Gasteiger partial charge in [0.05, 0.1) is 5.69 Å². The normalized spacial score (nSPS) is 14.4. The number of carbonyl (C=O) groups excluding carboxylic acids is 1. The van der Waals surface area contributed by atoms with E-state index in [-0.39, 0.29) is 5.78 Å². The van der Waals surface area contributed by atoms with Crippen molar-refractivity contribution in [1.29, 1.82) is 0 Å². The number of H-pyrrole nitrogens is 1. The number of aromatic nitrogens is 1. The van der Waals surface area contributed by atoms with Crippen LogP contribution in [0.1, 0.15) is 40.9 Å². The van der Waals surface area contributed by atoms with Crippen molar-refractivity contribution in [3.63, 3.8) is 0 Å². The highest BCUT2D eigenvalue weighted by Crippen LogP contribution is 2.29. The van der Waals surface area contributed by atoms with Crippen molar-refractivity contribution in [3.05, 3.63) is 51.5 Å². The minimum atomic E-state index is 0.221. The van der Waals surface area contributed by atoms with Crippen molar-refractivity contribution in [3.8, 4) is 0 Å². The molecule has 0 saturated carbocycles. The molecule has 0 bridgehead atoms. The molecule has 0 spiro atoms. The van der Waals surface area contributed by atoms with Crippen molar-refractivity contribution in [1.82, 2.24) is 4.98 Å². The number of benzene rings is 1. The van der Waals surface area contributed by atoms with Crippen LogP contribution in [0.2, 0.25) is 0 Å². The van der Waals surface area contributed by atoms with E-state index in [4.69, 9.17) is 5.53 Å². The summed E-state index contributed by atoms with van der Waals surface area (Å²) in [5, 5.41) is 4.65. The summed E-state index contributed by atoms with van der Waals surface area (Å²) in [6.07, 6.45) is 7.30. The first-order chi connectivity index (χ1) is 10.3. The number of fused-ring (bicyclic) bond motifs is 3. The SMILES string of the molecule is [N-]=[N+]=NCCC=Cc1ccc2[nH]c3c(c2c1)CCCC3=O. The molecule has 0 radical (unpaired) electrons. The first kappa shape index (κ1) is 13.5. The van der Waals surface area contributed by atoms with E-state index >= 15 is 0 Å². The summed E-state index contributed by atoms with van der Waals surface area (Å²) >= 11 is 0. The summed E-state index contributed by atoms with van der Waals surface area (Å²) in [5.74, 6) is 0.221. The van der Waals surface area contributed by atoms with Gasteiger partial charge in [-0.15, -0.1) is 0 Å². The van der Waals surface area contributed by atoms with Gasteiger partial charge in [-0.1, -0.05) is 23.3 Å². The van der Waals surface area contributed by atoms with Gasteiger partial charge in [-0.25, -0.2) is 0 Å². The lowest BCUT2D eigenvalue weighted by molar-refractivity contribution is 0.0968. The highest BCUT2D eigenvalue weighted by molar-refractivity contribution is 6.03. The van der Waals surface area contributed by atoms with Gasteiger partial charge >= 0.3 is 0 Å². The Balaban J connectivity index is 1.89. The lowest BCUT2D eigenvalue weighted by Crippen LogP contribution is -2.09. The molecule has 0 saturated heterocycles. The molecular weight excluding hydrogens is 264 g/mol. The number of rotatable bonds is 4. The number of nitrogens with zero attached hydrogens (tertiary/aromatic N) is 3. The quantitative estimate of drug-likeness (QED) is 0.383. The molecule has 0 fully saturated rings. The molecule has 1 heterocycles. The molecule has 3 rings (SSSR count). The second-order valence-electron chi connectivity index (χ2n) is 5.21. The topological polar surface area (TPSA) is 81.6 Å². The third-order valence-corrected chi connectivity index (χ3v) is 3.81. The van der Waals surface area contributed by atoms with E-state index in [9.17, 15) is 4.79 Å². The zero-order valence-electron chi connectivity index (χ0n) is 11.7. The predicted octanol–water partition coefficient (Wildman–Crippen LogP) is 4.40. The fourth-order valence-electron chi connectivity index (χ4n) is 2.81. The Kier molecular flexibility index (Phi) is 3.75. The third-order valence-electron chi connectivity index (χ3n) is 3.81.